The first-order valence-corrected chi connectivity index (χ1v) is 7.21. The predicted octanol–water partition coefficient (Wildman–Crippen LogP) is 1.80. The molecule has 1 atom stereocenters. The van der Waals surface area contributed by atoms with E-state index in [1.54, 1.807) is 0 Å². The zero-order chi connectivity index (χ0) is 18.8. The number of rotatable bonds is 5. The number of carboxylic acid groups (broad SMARTS) is 1. The summed E-state index contributed by atoms with van der Waals surface area (Å²) in [7, 11) is 0. The lowest BCUT2D eigenvalue weighted by Crippen LogP contribution is -2.36. The second kappa shape index (κ2) is 7.08. The topological polar surface area (TPSA) is 86.7 Å². The van der Waals surface area contributed by atoms with E-state index in [9.17, 15) is 31.9 Å². The molecule has 2 N–H and O–H groups in total. The fraction of sp³-hybridized carbons (Fsp3) is 0.400. The van der Waals surface area contributed by atoms with Crippen LogP contribution in [0.1, 0.15) is 12.0 Å². The number of nitrogens with zero attached hydrogens (tertiary/aromatic N) is 1. The van der Waals surface area contributed by atoms with Crippen molar-refractivity contribution >= 4 is 23.5 Å². The Balaban J connectivity index is 1.99. The van der Waals surface area contributed by atoms with Gasteiger partial charge in [0.15, 0.2) is 0 Å². The summed E-state index contributed by atoms with van der Waals surface area (Å²) in [6.07, 6.45) is -5.44. The molecule has 6 nitrogen and oxygen atoms in total. The van der Waals surface area contributed by atoms with Gasteiger partial charge in [-0.15, -0.1) is 0 Å². The lowest BCUT2D eigenvalue weighted by Gasteiger charge is -2.18. The van der Waals surface area contributed by atoms with Crippen LogP contribution in [-0.2, 0) is 20.8 Å². The fourth-order valence-corrected chi connectivity index (χ4v) is 2.49. The van der Waals surface area contributed by atoms with Crippen LogP contribution in [0.3, 0.4) is 0 Å². The molecule has 1 aromatic carbocycles. The highest BCUT2D eigenvalue weighted by atomic mass is 19.4. The van der Waals surface area contributed by atoms with Gasteiger partial charge in [-0.05, 0) is 17.7 Å². The molecule has 0 bridgehead atoms. The van der Waals surface area contributed by atoms with E-state index in [0.717, 1.165) is 6.07 Å². The van der Waals surface area contributed by atoms with Gasteiger partial charge >= 0.3 is 12.1 Å². The minimum atomic E-state index is -4.55. The second-order valence-electron chi connectivity index (χ2n) is 5.66. The maximum absolute atomic E-state index is 13.7. The number of anilines is 1. The molecule has 136 valence electrons. The molecule has 0 aromatic heterocycles. The number of carbonyl (C=O) groups is 3. The van der Waals surface area contributed by atoms with Crippen molar-refractivity contribution in [2.75, 3.05) is 18.4 Å². The molecule has 0 radical (unpaired) electrons. The first kappa shape index (κ1) is 18.7. The zero-order valence-corrected chi connectivity index (χ0v) is 12.8. The van der Waals surface area contributed by atoms with Crippen molar-refractivity contribution < 1.29 is 37.1 Å². The highest BCUT2D eigenvalue weighted by Gasteiger charge is 2.40. The van der Waals surface area contributed by atoms with Crippen molar-refractivity contribution in [1.29, 1.82) is 0 Å². The molecule has 1 saturated heterocycles. The SMILES string of the molecule is O=C(O)Cc1ccc(NC(=O)C2CC(=O)N(CC(F)(F)F)C2)cc1F. The van der Waals surface area contributed by atoms with Crippen LogP contribution in [0.25, 0.3) is 0 Å². The number of halogens is 4. The average molecular weight is 362 g/mol. The van der Waals surface area contributed by atoms with Crippen molar-refractivity contribution in [3.63, 3.8) is 0 Å². The molecule has 0 saturated carbocycles. The number of hydrogen-bond acceptors (Lipinski definition) is 3. The molecule has 1 heterocycles. The van der Waals surface area contributed by atoms with E-state index in [4.69, 9.17) is 5.11 Å². The maximum atomic E-state index is 13.7. The molecular weight excluding hydrogens is 348 g/mol. The van der Waals surface area contributed by atoms with Gasteiger partial charge in [0.25, 0.3) is 0 Å². The van der Waals surface area contributed by atoms with Gasteiger partial charge in [-0.25, -0.2) is 4.39 Å². The smallest absolute Gasteiger partial charge is 0.406 e. The molecule has 1 unspecified atom stereocenters. The van der Waals surface area contributed by atoms with Gasteiger partial charge in [-0.2, -0.15) is 13.2 Å². The fourth-order valence-electron chi connectivity index (χ4n) is 2.49. The number of alkyl halides is 3. The number of amides is 2. The molecule has 1 aliphatic heterocycles. The minimum absolute atomic E-state index is 0.0263. The highest BCUT2D eigenvalue weighted by Crippen LogP contribution is 2.25. The van der Waals surface area contributed by atoms with Gasteiger partial charge in [0, 0.05) is 18.7 Å². The Hall–Kier alpha value is -2.65. The Labute approximate surface area is 139 Å². The van der Waals surface area contributed by atoms with Gasteiger partial charge in [-0.3, -0.25) is 14.4 Å². The van der Waals surface area contributed by atoms with Crippen molar-refractivity contribution in [3.8, 4) is 0 Å². The van der Waals surface area contributed by atoms with Gasteiger partial charge < -0.3 is 15.3 Å². The average Bonchev–Trinajstić information content (AvgIpc) is 2.81. The Bertz CT molecular complexity index is 705. The van der Waals surface area contributed by atoms with Gasteiger partial charge in [-0.1, -0.05) is 6.07 Å². The zero-order valence-electron chi connectivity index (χ0n) is 12.8. The quantitative estimate of drug-likeness (QED) is 0.782. The Morgan fingerprint density at radius 3 is 2.56 bits per heavy atom. The predicted molar refractivity (Wildman–Crippen MR) is 77.1 cm³/mol. The van der Waals surface area contributed by atoms with E-state index in [0.29, 0.717) is 4.90 Å². The lowest BCUT2D eigenvalue weighted by atomic mass is 10.1. The normalized spacial score (nSPS) is 17.7. The number of hydrogen-bond donors (Lipinski definition) is 2. The largest absolute Gasteiger partial charge is 0.481 e. The number of carboxylic acids is 1. The van der Waals surface area contributed by atoms with E-state index in [1.807, 2.05) is 0 Å². The van der Waals surface area contributed by atoms with Gasteiger partial charge in [0.1, 0.15) is 12.4 Å². The summed E-state index contributed by atoms with van der Waals surface area (Å²) in [4.78, 5) is 34.7. The Morgan fingerprint density at radius 2 is 2.00 bits per heavy atom. The molecule has 1 aromatic rings. The number of nitrogens with one attached hydrogen (secondary N) is 1. The monoisotopic (exact) mass is 362 g/mol. The molecule has 2 amide bonds. The number of aliphatic carboxylic acids is 1. The number of benzene rings is 1. The van der Waals surface area contributed by atoms with E-state index >= 15 is 0 Å². The summed E-state index contributed by atoms with van der Waals surface area (Å²) in [5.41, 5.74) is -0.0451. The van der Waals surface area contributed by atoms with Crippen molar-refractivity contribution in [1.82, 2.24) is 4.90 Å². The van der Waals surface area contributed by atoms with Gasteiger partial charge in [0.05, 0.1) is 12.3 Å². The van der Waals surface area contributed by atoms with Crippen LogP contribution in [0.15, 0.2) is 18.2 Å². The summed E-state index contributed by atoms with van der Waals surface area (Å²) in [5.74, 6) is -4.51. The molecule has 0 spiro atoms. The molecule has 1 fully saturated rings. The standard InChI is InChI=1S/C15H14F4N2O4/c16-11-5-10(2-1-8(11)4-13(23)24)20-14(25)9-3-12(22)21(6-9)7-15(17,18)19/h1-2,5,9H,3-4,6-7H2,(H,20,25)(H,23,24). The highest BCUT2D eigenvalue weighted by molar-refractivity contribution is 5.97. The molecular formula is C15H14F4N2O4. The van der Waals surface area contributed by atoms with Crippen LogP contribution in [0.2, 0.25) is 0 Å². The van der Waals surface area contributed by atoms with E-state index in [1.165, 1.54) is 12.1 Å². The summed E-state index contributed by atoms with van der Waals surface area (Å²) >= 11 is 0. The molecule has 1 aliphatic rings. The van der Waals surface area contributed by atoms with E-state index in [2.05, 4.69) is 5.32 Å². The van der Waals surface area contributed by atoms with Crippen LogP contribution in [0, 0.1) is 11.7 Å². The third-order valence-corrected chi connectivity index (χ3v) is 3.62. The summed E-state index contributed by atoms with van der Waals surface area (Å²) < 4.78 is 50.8. The van der Waals surface area contributed by atoms with E-state index in [-0.39, 0.29) is 24.2 Å². The maximum Gasteiger partial charge on any atom is 0.406 e. The molecule has 10 heteroatoms. The summed E-state index contributed by atoms with van der Waals surface area (Å²) in [6, 6.07) is 3.39. The van der Waals surface area contributed by atoms with E-state index < -0.39 is 48.7 Å². The third kappa shape index (κ3) is 5.16. The summed E-state index contributed by atoms with van der Waals surface area (Å²) in [6.45, 7) is -1.79. The molecule has 0 aliphatic carbocycles. The molecule has 2 rings (SSSR count). The van der Waals surface area contributed by atoms with Crippen molar-refractivity contribution in [2.24, 2.45) is 5.92 Å². The van der Waals surface area contributed by atoms with Crippen LogP contribution >= 0.6 is 0 Å². The number of carbonyl (C=O) groups excluding carboxylic acids is 2. The van der Waals surface area contributed by atoms with Crippen LogP contribution in [0.4, 0.5) is 23.2 Å². The second-order valence-corrected chi connectivity index (χ2v) is 5.66. The first-order chi connectivity index (χ1) is 11.5. The first-order valence-electron chi connectivity index (χ1n) is 7.21. The molecule has 25 heavy (non-hydrogen) atoms. The van der Waals surface area contributed by atoms with Gasteiger partial charge in [0.2, 0.25) is 11.8 Å². The Kier molecular flexibility index (Phi) is 5.29. The van der Waals surface area contributed by atoms with Crippen LogP contribution in [-0.4, -0.2) is 47.1 Å². The van der Waals surface area contributed by atoms with Crippen LogP contribution in [0.5, 0.6) is 0 Å². The number of likely N-dealkylation sites (tertiary alicyclic amines) is 1. The van der Waals surface area contributed by atoms with Crippen molar-refractivity contribution in [3.05, 3.63) is 29.6 Å². The third-order valence-electron chi connectivity index (χ3n) is 3.62. The van der Waals surface area contributed by atoms with Crippen molar-refractivity contribution in [2.45, 2.75) is 19.0 Å². The Morgan fingerprint density at radius 1 is 1.32 bits per heavy atom. The minimum Gasteiger partial charge on any atom is -0.481 e. The lowest BCUT2D eigenvalue weighted by molar-refractivity contribution is -0.157. The van der Waals surface area contributed by atoms with Crippen LogP contribution < -0.4 is 5.32 Å². The summed E-state index contributed by atoms with van der Waals surface area (Å²) in [5, 5.41) is 10.9.